The number of nitrogens with zero attached hydrogens (tertiary/aromatic N) is 1. The third-order valence-corrected chi connectivity index (χ3v) is 5.14. The van der Waals surface area contributed by atoms with Crippen molar-refractivity contribution in [2.75, 3.05) is 26.8 Å². The van der Waals surface area contributed by atoms with Gasteiger partial charge in [-0.25, -0.2) is 13.6 Å². The molecule has 2 aromatic carbocycles. The number of hydrogen-bond acceptors (Lipinski definition) is 6. The Labute approximate surface area is 166 Å². The molecule has 0 saturated heterocycles. The van der Waals surface area contributed by atoms with Crippen molar-refractivity contribution >= 4 is 16.0 Å². The average Bonchev–Trinajstić information content (AvgIpc) is 2.67. The molecule has 0 aromatic heterocycles. The van der Waals surface area contributed by atoms with Crippen molar-refractivity contribution in [3.63, 3.8) is 0 Å². The molecule has 0 bridgehead atoms. The maximum absolute atomic E-state index is 11.8. The van der Waals surface area contributed by atoms with Crippen molar-refractivity contribution in [1.82, 2.24) is 4.90 Å². The van der Waals surface area contributed by atoms with Crippen LogP contribution in [0, 0.1) is 5.92 Å². The lowest BCUT2D eigenvalue weighted by atomic mass is 10.1. The summed E-state index contributed by atoms with van der Waals surface area (Å²) in [4.78, 5) is 13.9. The first-order chi connectivity index (χ1) is 13.3. The van der Waals surface area contributed by atoms with Gasteiger partial charge in [-0.2, -0.15) is 0 Å². The Morgan fingerprint density at radius 2 is 1.75 bits per heavy atom. The van der Waals surface area contributed by atoms with Crippen LogP contribution in [-0.2, 0) is 26.1 Å². The van der Waals surface area contributed by atoms with Crippen LogP contribution in [0.25, 0.3) is 0 Å². The second-order valence-electron chi connectivity index (χ2n) is 6.51. The van der Waals surface area contributed by atoms with Crippen molar-refractivity contribution in [3.8, 4) is 5.75 Å². The first-order valence-corrected chi connectivity index (χ1v) is 10.4. The Morgan fingerprint density at radius 1 is 1.11 bits per heavy atom. The maximum atomic E-state index is 11.8. The third kappa shape index (κ3) is 6.95. The SMILES string of the molecule is COC(=O)C(C)CN(CCOc1ccc(S(N)(=O)=O)cc1)Cc1ccccc1. The van der Waals surface area contributed by atoms with Gasteiger partial charge in [0.05, 0.1) is 17.9 Å². The summed E-state index contributed by atoms with van der Waals surface area (Å²) in [7, 11) is -2.34. The summed E-state index contributed by atoms with van der Waals surface area (Å²) in [5, 5.41) is 5.09. The van der Waals surface area contributed by atoms with Gasteiger partial charge in [0.2, 0.25) is 10.0 Å². The highest BCUT2D eigenvalue weighted by Gasteiger charge is 2.18. The highest BCUT2D eigenvalue weighted by Crippen LogP contribution is 2.15. The van der Waals surface area contributed by atoms with Crippen LogP contribution in [0.3, 0.4) is 0 Å². The van der Waals surface area contributed by atoms with Crippen LogP contribution in [0.2, 0.25) is 0 Å². The van der Waals surface area contributed by atoms with E-state index < -0.39 is 10.0 Å². The van der Waals surface area contributed by atoms with E-state index in [9.17, 15) is 13.2 Å². The number of sulfonamides is 1. The van der Waals surface area contributed by atoms with Gasteiger partial charge in [-0.3, -0.25) is 9.69 Å². The molecule has 8 heteroatoms. The van der Waals surface area contributed by atoms with Crippen molar-refractivity contribution < 1.29 is 22.7 Å². The van der Waals surface area contributed by atoms with E-state index in [0.717, 1.165) is 5.56 Å². The predicted octanol–water partition coefficient (Wildman–Crippen LogP) is 2.02. The van der Waals surface area contributed by atoms with Crippen LogP contribution in [0.15, 0.2) is 59.5 Å². The summed E-state index contributed by atoms with van der Waals surface area (Å²) in [6, 6.07) is 15.9. The summed E-state index contributed by atoms with van der Waals surface area (Å²) in [6.07, 6.45) is 0. The molecule has 1 atom stereocenters. The lowest BCUT2D eigenvalue weighted by molar-refractivity contribution is -0.145. The summed E-state index contributed by atoms with van der Waals surface area (Å²) >= 11 is 0. The molecule has 152 valence electrons. The molecule has 0 heterocycles. The van der Waals surface area contributed by atoms with Crippen LogP contribution in [0.4, 0.5) is 0 Å². The number of primary sulfonamides is 1. The van der Waals surface area contributed by atoms with Gasteiger partial charge in [0, 0.05) is 19.6 Å². The van der Waals surface area contributed by atoms with Crippen molar-refractivity contribution in [2.45, 2.75) is 18.4 Å². The summed E-state index contributed by atoms with van der Waals surface area (Å²) < 4.78 is 33.1. The Bertz CT molecular complexity index is 854. The van der Waals surface area contributed by atoms with Gasteiger partial charge in [-0.1, -0.05) is 37.3 Å². The molecule has 2 rings (SSSR count). The molecule has 0 fully saturated rings. The number of carbonyl (C=O) groups is 1. The smallest absolute Gasteiger partial charge is 0.309 e. The van der Waals surface area contributed by atoms with Crippen LogP contribution in [-0.4, -0.2) is 46.1 Å². The van der Waals surface area contributed by atoms with Gasteiger partial charge in [0.1, 0.15) is 12.4 Å². The molecule has 0 saturated carbocycles. The minimum atomic E-state index is -3.72. The van der Waals surface area contributed by atoms with Crippen LogP contribution in [0.5, 0.6) is 5.75 Å². The molecule has 0 spiro atoms. The average molecular weight is 407 g/mol. The Balaban J connectivity index is 1.96. The Hall–Kier alpha value is -2.42. The van der Waals surface area contributed by atoms with Gasteiger partial charge >= 0.3 is 5.97 Å². The number of ether oxygens (including phenoxy) is 2. The van der Waals surface area contributed by atoms with Crippen molar-refractivity contribution in [3.05, 3.63) is 60.2 Å². The summed E-state index contributed by atoms with van der Waals surface area (Å²) in [5.41, 5.74) is 1.14. The lowest BCUT2D eigenvalue weighted by Crippen LogP contribution is -2.35. The molecular formula is C20H26N2O5S. The standard InChI is InChI=1S/C20H26N2O5S/c1-16(20(23)26-2)14-22(15-17-6-4-3-5-7-17)12-13-27-18-8-10-19(11-9-18)28(21,24)25/h3-11,16H,12-15H2,1-2H3,(H2,21,24,25). The molecule has 0 aliphatic rings. The van der Waals surface area contributed by atoms with E-state index in [1.165, 1.54) is 19.2 Å². The predicted molar refractivity (Wildman–Crippen MR) is 106 cm³/mol. The summed E-state index contributed by atoms with van der Waals surface area (Å²) in [5.74, 6) is 0.0356. The summed E-state index contributed by atoms with van der Waals surface area (Å²) in [6.45, 7) is 4.02. The van der Waals surface area contributed by atoms with Crippen LogP contribution in [0.1, 0.15) is 12.5 Å². The fourth-order valence-electron chi connectivity index (χ4n) is 2.76. The number of esters is 1. The first-order valence-electron chi connectivity index (χ1n) is 8.89. The van der Waals surface area contributed by atoms with Gasteiger partial charge in [-0.05, 0) is 29.8 Å². The normalized spacial score (nSPS) is 12.6. The Morgan fingerprint density at radius 3 is 2.32 bits per heavy atom. The minimum absolute atomic E-state index is 0.0393. The number of rotatable bonds is 10. The second-order valence-corrected chi connectivity index (χ2v) is 8.07. The highest BCUT2D eigenvalue weighted by atomic mass is 32.2. The molecular weight excluding hydrogens is 380 g/mol. The largest absolute Gasteiger partial charge is 0.492 e. The van der Waals surface area contributed by atoms with E-state index in [1.807, 2.05) is 37.3 Å². The zero-order chi connectivity index (χ0) is 20.6. The number of methoxy groups -OCH3 is 1. The molecule has 7 nitrogen and oxygen atoms in total. The molecule has 0 aliphatic carbocycles. The minimum Gasteiger partial charge on any atom is -0.492 e. The monoisotopic (exact) mass is 406 g/mol. The molecule has 1 unspecified atom stereocenters. The van der Waals surface area contributed by atoms with E-state index >= 15 is 0 Å². The van der Waals surface area contributed by atoms with Gasteiger partial charge < -0.3 is 9.47 Å². The number of carbonyl (C=O) groups excluding carboxylic acids is 1. The van der Waals surface area contributed by atoms with E-state index in [0.29, 0.717) is 32.0 Å². The highest BCUT2D eigenvalue weighted by molar-refractivity contribution is 7.89. The van der Waals surface area contributed by atoms with Gasteiger partial charge in [0.15, 0.2) is 0 Å². The van der Waals surface area contributed by atoms with E-state index in [-0.39, 0.29) is 16.8 Å². The fourth-order valence-corrected chi connectivity index (χ4v) is 3.27. The molecule has 2 aromatic rings. The molecule has 0 aliphatic heterocycles. The maximum Gasteiger partial charge on any atom is 0.309 e. The lowest BCUT2D eigenvalue weighted by Gasteiger charge is -2.25. The van der Waals surface area contributed by atoms with Crippen LogP contribution >= 0.6 is 0 Å². The zero-order valence-corrected chi connectivity index (χ0v) is 16.9. The van der Waals surface area contributed by atoms with Crippen molar-refractivity contribution in [2.24, 2.45) is 11.1 Å². The third-order valence-electron chi connectivity index (χ3n) is 4.21. The van der Waals surface area contributed by atoms with E-state index in [1.54, 1.807) is 12.1 Å². The topological polar surface area (TPSA) is 98.9 Å². The molecule has 0 amide bonds. The Kier molecular flexibility index (Phi) is 7.98. The number of benzene rings is 2. The van der Waals surface area contributed by atoms with Gasteiger partial charge in [-0.15, -0.1) is 0 Å². The fraction of sp³-hybridized carbons (Fsp3) is 0.350. The molecule has 28 heavy (non-hydrogen) atoms. The van der Waals surface area contributed by atoms with E-state index in [4.69, 9.17) is 14.6 Å². The quantitative estimate of drug-likeness (QED) is 0.606. The second kappa shape index (κ2) is 10.2. The number of hydrogen-bond donors (Lipinski definition) is 1. The molecule has 0 radical (unpaired) electrons. The van der Waals surface area contributed by atoms with Crippen molar-refractivity contribution in [1.29, 1.82) is 0 Å². The van der Waals surface area contributed by atoms with Gasteiger partial charge in [0.25, 0.3) is 0 Å². The van der Waals surface area contributed by atoms with E-state index in [2.05, 4.69) is 4.90 Å². The molecule has 2 N–H and O–H groups in total. The first kappa shape index (κ1) is 21.9. The van der Waals surface area contributed by atoms with Crippen LogP contribution < -0.4 is 9.88 Å². The zero-order valence-electron chi connectivity index (χ0n) is 16.1. The number of nitrogens with two attached hydrogens (primary N) is 1.